The highest BCUT2D eigenvalue weighted by Gasteiger charge is 2.28. The van der Waals surface area contributed by atoms with Crippen molar-refractivity contribution in [3.8, 4) is 0 Å². The Bertz CT molecular complexity index is 606. The molecule has 1 amide bonds. The summed E-state index contributed by atoms with van der Waals surface area (Å²) < 4.78 is 0. The number of aromatic nitrogens is 2. The Balaban J connectivity index is 1.79. The van der Waals surface area contributed by atoms with Crippen molar-refractivity contribution in [2.75, 3.05) is 0 Å². The lowest BCUT2D eigenvalue weighted by atomic mass is 9.96. The summed E-state index contributed by atoms with van der Waals surface area (Å²) in [6.45, 7) is 1.80. The zero-order valence-electron chi connectivity index (χ0n) is 12.1. The molecule has 4 nitrogen and oxygen atoms in total. The molecule has 2 aromatic rings. The van der Waals surface area contributed by atoms with Crippen molar-refractivity contribution in [1.82, 2.24) is 15.3 Å². The minimum atomic E-state index is -0.106. The van der Waals surface area contributed by atoms with Gasteiger partial charge in [0, 0.05) is 11.1 Å². The topological polar surface area (TPSA) is 54.9 Å². The van der Waals surface area contributed by atoms with E-state index in [1.54, 1.807) is 30.5 Å². The number of hydrogen-bond donors (Lipinski definition) is 1. The number of rotatable bonds is 4. The highest BCUT2D eigenvalue weighted by molar-refractivity contribution is 7.10. The van der Waals surface area contributed by atoms with Gasteiger partial charge in [-0.3, -0.25) is 4.79 Å². The predicted molar refractivity (Wildman–Crippen MR) is 83.3 cm³/mol. The van der Waals surface area contributed by atoms with E-state index >= 15 is 0 Å². The summed E-state index contributed by atoms with van der Waals surface area (Å²) >= 11 is 1.71. The number of nitrogens with one attached hydrogen (secondary N) is 1. The minimum Gasteiger partial charge on any atom is -0.343 e. The minimum absolute atomic E-state index is 0.106. The van der Waals surface area contributed by atoms with Crippen LogP contribution < -0.4 is 5.32 Å². The summed E-state index contributed by atoms with van der Waals surface area (Å²) in [6, 6.07) is 5.93. The number of thiophene rings is 1. The van der Waals surface area contributed by atoms with Crippen LogP contribution in [-0.4, -0.2) is 15.9 Å². The Morgan fingerprint density at radius 2 is 2.19 bits per heavy atom. The van der Waals surface area contributed by atoms with Crippen molar-refractivity contribution < 1.29 is 4.79 Å². The van der Waals surface area contributed by atoms with Crippen molar-refractivity contribution in [1.29, 1.82) is 0 Å². The summed E-state index contributed by atoms with van der Waals surface area (Å²) in [6.07, 6.45) is 6.52. The van der Waals surface area contributed by atoms with Crippen LogP contribution in [0.15, 0.2) is 29.8 Å². The predicted octanol–water partition coefficient (Wildman–Crippen LogP) is 3.51. The lowest BCUT2D eigenvalue weighted by Crippen LogP contribution is -2.32. The molecule has 0 aliphatic heterocycles. The van der Waals surface area contributed by atoms with Gasteiger partial charge in [0.1, 0.15) is 11.5 Å². The van der Waals surface area contributed by atoms with Gasteiger partial charge < -0.3 is 5.32 Å². The molecule has 1 aliphatic rings. The molecule has 21 heavy (non-hydrogen) atoms. The SMILES string of the molecule is Cc1nccc(C(=O)NC(c2cccs2)C2CCCC2)n1. The van der Waals surface area contributed by atoms with Crippen LogP contribution in [0.5, 0.6) is 0 Å². The van der Waals surface area contributed by atoms with Crippen LogP contribution in [0.1, 0.15) is 52.9 Å². The van der Waals surface area contributed by atoms with Gasteiger partial charge in [-0.15, -0.1) is 11.3 Å². The molecule has 1 N–H and O–H groups in total. The molecule has 1 fully saturated rings. The van der Waals surface area contributed by atoms with Crippen LogP contribution in [0.4, 0.5) is 0 Å². The number of nitrogens with zero attached hydrogens (tertiary/aromatic N) is 2. The Hall–Kier alpha value is -1.75. The first kappa shape index (κ1) is 14.2. The zero-order valence-corrected chi connectivity index (χ0v) is 12.9. The van der Waals surface area contributed by atoms with E-state index in [9.17, 15) is 4.79 Å². The molecule has 0 bridgehead atoms. The van der Waals surface area contributed by atoms with Gasteiger partial charge in [-0.2, -0.15) is 0 Å². The molecule has 1 atom stereocenters. The molecule has 0 saturated heterocycles. The monoisotopic (exact) mass is 301 g/mol. The van der Waals surface area contributed by atoms with Crippen LogP contribution >= 0.6 is 11.3 Å². The smallest absolute Gasteiger partial charge is 0.270 e. The van der Waals surface area contributed by atoms with Crippen molar-refractivity contribution in [2.24, 2.45) is 5.92 Å². The maximum absolute atomic E-state index is 12.5. The van der Waals surface area contributed by atoms with E-state index in [4.69, 9.17) is 0 Å². The van der Waals surface area contributed by atoms with Crippen LogP contribution in [0.2, 0.25) is 0 Å². The van der Waals surface area contributed by atoms with E-state index < -0.39 is 0 Å². The third-order valence-corrected chi connectivity index (χ3v) is 4.97. The summed E-state index contributed by atoms with van der Waals surface area (Å²) in [5.74, 6) is 1.05. The molecule has 0 radical (unpaired) electrons. The molecule has 3 rings (SSSR count). The van der Waals surface area contributed by atoms with Gasteiger partial charge in [0.05, 0.1) is 6.04 Å². The number of carbonyl (C=O) groups excluding carboxylic acids is 1. The Morgan fingerprint density at radius 3 is 2.86 bits per heavy atom. The Kier molecular flexibility index (Phi) is 4.29. The highest BCUT2D eigenvalue weighted by atomic mass is 32.1. The number of carbonyl (C=O) groups is 1. The fraction of sp³-hybridized carbons (Fsp3) is 0.438. The summed E-state index contributed by atoms with van der Waals surface area (Å²) in [4.78, 5) is 22.0. The Labute approximate surface area is 128 Å². The molecule has 2 aromatic heterocycles. The van der Waals surface area contributed by atoms with Crippen molar-refractivity contribution in [3.05, 3.63) is 46.2 Å². The first-order valence-electron chi connectivity index (χ1n) is 7.38. The molecule has 0 spiro atoms. The number of amides is 1. The molecule has 1 aliphatic carbocycles. The van der Waals surface area contributed by atoms with Crippen LogP contribution in [0.3, 0.4) is 0 Å². The third kappa shape index (κ3) is 3.29. The van der Waals surface area contributed by atoms with Crippen molar-refractivity contribution >= 4 is 17.2 Å². The molecule has 110 valence electrons. The van der Waals surface area contributed by atoms with E-state index in [1.807, 2.05) is 6.07 Å². The van der Waals surface area contributed by atoms with E-state index in [2.05, 4.69) is 26.7 Å². The van der Waals surface area contributed by atoms with Gasteiger partial charge in [0.25, 0.3) is 5.91 Å². The maximum Gasteiger partial charge on any atom is 0.270 e. The van der Waals surface area contributed by atoms with Gasteiger partial charge in [-0.25, -0.2) is 9.97 Å². The van der Waals surface area contributed by atoms with Crippen LogP contribution in [-0.2, 0) is 0 Å². The first-order valence-corrected chi connectivity index (χ1v) is 8.26. The zero-order chi connectivity index (χ0) is 14.7. The van der Waals surface area contributed by atoms with Gasteiger partial charge in [-0.1, -0.05) is 18.9 Å². The van der Waals surface area contributed by atoms with Gasteiger partial charge in [0.15, 0.2) is 0 Å². The second kappa shape index (κ2) is 6.35. The van der Waals surface area contributed by atoms with E-state index in [1.165, 1.54) is 30.6 Å². The highest BCUT2D eigenvalue weighted by Crippen LogP contribution is 2.37. The summed E-state index contributed by atoms with van der Waals surface area (Å²) in [5, 5.41) is 5.25. The maximum atomic E-state index is 12.5. The third-order valence-electron chi connectivity index (χ3n) is 4.02. The number of aryl methyl sites for hydroxylation is 1. The largest absolute Gasteiger partial charge is 0.343 e. The standard InChI is InChI=1S/C16H19N3OS/c1-11-17-9-8-13(18-11)16(20)19-15(12-5-2-3-6-12)14-7-4-10-21-14/h4,7-10,12,15H,2-3,5-6H2,1H3,(H,19,20). The van der Waals surface area contributed by atoms with E-state index in [0.29, 0.717) is 17.4 Å². The normalized spacial score (nSPS) is 16.8. The molecule has 0 aromatic carbocycles. The van der Waals surface area contributed by atoms with E-state index in [-0.39, 0.29) is 11.9 Å². The van der Waals surface area contributed by atoms with Crippen LogP contribution in [0.25, 0.3) is 0 Å². The second-order valence-electron chi connectivity index (χ2n) is 5.50. The van der Waals surface area contributed by atoms with Crippen LogP contribution in [0, 0.1) is 12.8 Å². The van der Waals surface area contributed by atoms with Gasteiger partial charge in [-0.05, 0) is 43.2 Å². The van der Waals surface area contributed by atoms with Crippen molar-refractivity contribution in [3.63, 3.8) is 0 Å². The summed E-state index contributed by atoms with van der Waals surface area (Å²) in [7, 11) is 0. The first-order chi connectivity index (χ1) is 10.2. The lowest BCUT2D eigenvalue weighted by Gasteiger charge is -2.23. The molecule has 2 heterocycles. The fourth-order valence-electron chi connectivity index (χ4n) is 2.98. The molecule has 1 unspecified atom stereocenters. The average molecular weight is 301 g/mol. The fourth-order valence-corrected chi connectivity index (χ4v) is 3.85. The molecule has 5 heteroatoms. The molecular formula is C16H19N3OS. The van der Waals surface area contributed by atoms with Gasteiger partial charge in [0.2, 0.25) is 0 Å². The second-order valence-corrected chi connectivity index (χ2v) is 6.48. The van der Waals surface area contributed by atoms with Gasteiger partial charge >= 0.3 is 0 Å². The lowest BCUT2D eigenvalue weighted by molar-refractivity contribution is 0.0917. The van der Waals surface area contributed by atoms with Crippen molar-refractivity contribution in [2.45, 2.75) is 38.6 Å². The van der Waals surface area contributed by atoms with E-state index in [0.717, 1.165) is 0 Å². The molecule has 1 saturated carbocycles. The Morgan fingerprint density at radius 1 is 1.38 bits per heavy atom. The number of hydrogen-bond acceptors (Lipinski definition) is 4. The molecular weight excluding hydrogens is 282 g/mol. The summed E-state index contributed by atoms with van der Waals surface area (Å²) in [5.41, 5.74) is 0.446. The quantitative estimate of drug-likeness (QED) is 0.940. The average Bonchev–Trinajstić information content (AvgIpc) is 3.18.